The van der Waals surface area contributed by atoms with Gasteiger partial charge in [0.05, 0.1) is 16.4 Å². The van der Waals surface area contributed by atoms with Gasteiger partial charge in [-0.25, -0.2) is 0 Å². The van der Waals surface area contributed by atoms with Crippen LogP contribution in [0.2, 0.25) is 5.02 Å². The summed E-state index contributed by atoms with van der Waals surface area (Å²) in [5, 5.41) is 1.73. The summed E-state index contributed by atoms with van der Waals surface area (Å²) in [6.45, 7) is 0.988. The lowest BCUT2D eigenvalue weighted by Gasteiger charge is -2.11. The number of rotatable bonds is 2. The Morgan fingerprint density at radius 2 is 2.25 bits per heavy atom. The highest BCUT2D eigenvalue weighted by Crippen LogP contribution is 2.38. The Morgan fingerprint density at radius 1 is 1.67 bits per heavy atom. The van der Waals surface area contributed by atoms with Gasteiger partial charge in [0, 0.05) is 0 Å². The number of hydrogen-bond acceptors (Lipinski definition) is 2. The van der Waals surface area contributed by atoms with Crippen molar-refractivity contribution < 1.29 is 8.78 Å². The normalized spacial score (nSPS) is 12.1. The number of hydrogen-bond donors (Lipinski definition) is 1. The van der Waals surface area contributed by atoms with Crippen LogP contribution in [0.15, 0.2) is 5.38 Å². The molecule has 68 valence electrons. The lowest BCUT2D eigenvalue weighted by Crippen LogP contribution is -2.24. The molecule has 0 bridgehead atoms. The predicted octanol–water partition coefficient (Wildman–Crippen LogP) is 2.76. The minimum atomic E-state index is -2.99. The van der Waals surface area contributed by atoms with Crippen LogP contribution in [-0.4, -0.2) is 6.54 Å². The van der Waals surface area contributed by atoms with Crippen LogP contribution in [0.25, 0.3) is 0 Å². The number of thiophene rings is 1. The van der Waals surface area contributed by atoms with Gasteiger partial charge >= 0.3 is 0 Å². The van der Waals surface area contributed by atoms with E-state index < -0.39 is 12.5 Å². The molecule has 0 spiro atoms. The number of aryl methyl sites for hydroxylation is 1. The van der Waals surface area contributed by atoms with Gasteiger partial charge in [0.25, 0.3) is 5.92 Å². The Bertz CT molecular complexity index is 285. The molecular formula is C7H8ClF2NS. The van der Waals surface area contributed by atoms with Crippen LogP contribution >= 0.6 is 22.9 Å². The average Bonchev–Trinajstić information content (AvgIpc) is 2.33. The fourth-order valence-corrected chi connectivity index (χ4v) is 2.09. The van der Waals surface area contributed by atoms with Crippen molar-refractivity contribution in [3.05, 3.63) is 20.8 Å². The van der Waals surface area contributed by atoms with E-state index >= 15 is 0 Å². The first-order chi connectivity index (χ1) is 5.49. The molecule has 0 fully saturated rings. The first kappa shape index (κ1) is 9.89. The van der Waals surface area contributed by atoms with Crippen molar-refractivity contribution in [2.75, 3.05) is 6.54 Å². The van der Waals surface area contributed by atoms with Crippen LogP contribution in [0.5, 0.6) is 0 Å². The van der Waals surface area contributed by atoms with Crippen molar-refractivity contribution in [1.29, 1.82) is 0 Å². The van der Waals surface area contributed by atoms with Gasteiger partial charge in [-0.2, -0.15) is 8.78 Å². The molecule has 5 heteroatoms. The van der Waals surface area contributed by atoms with Gasteiger partial charge in [0.15, 0.2) is 0 Å². The van der Waals surface area contributed by atoms with E-state index in [1.54, 1.807) is 12.3 Å². The molecule has 0 atom stereocenters. The van der Waals surface area contributed by atoms with E-state index in [4.69, 9.17) is 17.3 Å². The van der Waals surface area contributed by atoms with E-state index in [9.17, 15) is 8.78 Å². The second-order valence-electron chi connectivity index (χ2n) is 2.47. The Morgan fingerprint density at radius 3 is 2.58 bits per heavy atom. The van der Waals surface area contributed by atoms with Crippen LogP contribution in [0.3, 0.4) is 0 Å². The molecule has 0 aromatic carbocycles. The van der Waals surface area contributed by atoms with Gasteiger partial charge in [0.1, 0.15) is 0 Å². The first-order valence-electron chi connectivity index (χ1n) is 3.31. The summed E-state index contributed by atoms with van der Waals surface area (Å²) < 4.78 is 25.9. The van der Waals surface area contributed by atoms with Crippen molar-refractivity contribution >= 4 is 22.9 Å². The van der Waals surface area contributed by atoms with E-state index in [1.807, 2.05) is 0 Å². The Hall–Kier alpha value is -0.190. The number of halogens is 3. The monoisotopic (exact) mass is 211 g/mol. The maximum absolute atomic E-state index is 13.0. The highest BCUT2D eigenvalue weighted by atomic mass is 35.5. The quantitative estimate of drug-likeness (QED) is 0.800. The Kier molecular flexibility index (Phi) is 2.70. The van der Waals surface area contributed by atoms with E-state index in [2.05, 4.69) is 0 Å². The molecule has 2 N–H and O–H groups in total. The second kappa shape index (κ2) is 3.28. The topological polar surface area (TPSA) is 26.0 Å². The number of alkyl halides is 2. The zero-order chi connectivity index (χ0) is 9.35. The zero-order valence-corrected chi connectivity index (χ0v) is 7.98. The molecule has 1 rings (SSSR count). The second-order valence-corrected chi connectivity index (χ2v) is 3.73. The molecule has 12 heavy (non-hydrogen) atoms. The largest absolute Gasteiger partial charge is 0.325 e. The van der Waals surface area contributed by atoms with E-state index in [1.165, 1.54) is 0 Å². The maximum Gasteiger partial charge on any atom is 0.295 e. The highest BCUT2D eigenvalue weighted by Gasteiger charge is 2.34. The molecule has 0 amide bonds. The van der Waals surface area contributed by atoms with Crippen molar-refractivity contribution in [3.63, 3.8) is 0 Å². The molecule has 0 radical (unpaired) electrons. The predicted molar refractivity (Wildman–Crippen MR) is 47.0 cm³/mol. The van der Waals surface area contributed by atoms with Crippen LogP contribution in [0.1, 0.15) is 10.4 Å². The molecule has 0 aliphatic rings. The molecule has 0 saturated carbocycles. The Labute approximate surface area is 78.1 Å². The van der Waals surface area contributed by atoms with E-state index in [0.717, 1.165) is 11.3 Å². The fraction of sp³-hybridized carbons (Fsp3) is 0.429. The minimum Gasteiger partial charge on any atom is -0.325 e. The molecule has 1 nitrogen and oxygen atoms in total. The van der Waals surface area contributed by atoms with E-state index in [0.29, 0.717) is 5.56 Å². The van der Waals surface area contributed by atoms with Gasteiger partial charge in [-0.05, 0) is 17.9 Å². The summed E-state index contributed by atoms with van der Waals surface area (Å²) in [4.78, 5) is -0.135. The van der Waals surface area contributed by atoms with Gasteiger partial charge in [-0.1, -0.05) is 11.6 Å². The van der Waals surface area contributed by atoms with Crippen molar-refractivity contribution in [3.8, 4) is 0 Å². The minimum absolute atomic E-state index is 0.135. The van der Waals surface area contributed by atoms with Crippen LogP contribution in [-0.2, 0) is 5.92 Å². The molecule has 0 aliphatic carbocycles. The average molecular weight is 212 g/mol. The summed E-state index contributed by atoms with van der Waals surface area (Å²) in [5.41, 5.74) is 5.59. The molecular weight excluding hydrogens is 204 g/mol. The fourth-order valence-electron chi connectivity index (χ4n) is 0.769. The number of nitrogens with two attached hydrogens (primary N) is 1. The van der Waals surface area contributed by atoms with Crippen LogP contribution < -0.4 is 5.73 Å². The van der Waals surface area contributed by atoms with Crippen molar-refractivity contribution in [2.24, 2.45) is 5.73 Å². The van der Waals surface area contributed by atoms with E-state index in [-0.39, 0.29) is 9.90 Å². The van der Waals surface area contributed by atoms with Gasteiger partial charge < -0.3 is 5.73 Å². The standard InChI is InChI=1S/C7H8ClF2NS/c1-4-2-12-6(5(4)8)7(9,10)3-11/h2H,3,11H2,1H3. The van der Waals surface area contributed by atoms with Crippen molar-refractivity contribution in [1.82, 2.24) is 0 Å². The third-order valence-electron chi connectivity index (χ3n) is 1.49. The molecule has 0 aliphatic heterocycles. The first-order valence-corrected chi connectivity index (χ1v) is 4.56. The maximum atomic E-state index is 13.0. The molecule has 1 heterocycles. The smallest absolute Gasteiger partial charge is 0.295 e. The highest BCUT2D eigenvalue weighted by molar-refractivity contribution is 7.10. The van der Waals surface area contributed by atoms with Crippen molar-refractivity contribution in [2.45, 2.75) is 12.8 Å². The summed E-state index contributed by atoms with van der Waals surface area (Å²) >= 11 is 6.59. The Balaban J connectivity index is 3.11. The van der Waals surface area contributed by atoms with Gasteiger partial charge in [-0.15, -0.1) is 11.3 Å². The summed E-state index contributed by atoms with van der Waals surface area (Å²) in [6, 6.07) is 0. The summed E-state index contributed by atoms with van der Waals surface area (Å²) in [7, 11) is 0. The third-order valence-corrected chi connectivity index (χ3v) is 3.30. The molecule has 1 aromatic rings. The molecule has 0 saturated heterocycles. The van der Waals surface area contributed by atoms with Gasteiger partial charge in [0.2, 0.25) is 0 Å². The lowest BCUT2D eigenvalue weighted by atomic mass is 10.2. The zero-order valence-electron chi connectivity index (χ0n) is 6.40. The van der Waals surface area contributed by atoms with Crippen LogP contribution in [0, 0.1) is 6.92 Å². The molecule has 0 unspecified atom stereocenters. The summed E-state index contributed by atoms with van der Waals surface area (Å²) in [5.74, 6) is -2.99. The summed E-state index contributed by atoms with van der Waals surface area (Å²) in [6.07, 6.45) is 0. The van der Waals surface area contributed by atoms with Gasteiger partial charge in [-0.3, -0.25) is 0 Å². The lowest BCUT2D eigenvalue weighted by molar-refractivity contribution is 0.00997. The third kappa shape index (κ3) is 1.60. The van der Waals surface area contributed by atoms with Crippen LogP contribution in [0.4, 0.5) is 8.78 Å². The molecule has 1 aromatic heterocycles. The SMILES string of the molecule is Cc1csc(C(F)(F)CN)c1Cl.